The molecule has 0 aliphatic rings. The predicted octanol–water partition coefficient (Wildman–Crippen LogP) is 3.96. The molecule has 0 fully saturated rings. The van der Waals surface area contributed by atoms with Crippen molar-refractivity contribution in [2.75, 3.05) is 17.2 Å². The van der Waals surface area contributed by atoms with Crippen molar-refractivity contribution in [3.05, 3.63) is 57.2 Å². The van der Waals surface area contributed by atoms with Crippen LogP contribution in [0.1, 0.15) is 11.1 Å². The van der Waals surface area contributed by atoms with Crippen molar-refractivity contribution in [1.29, 1.82) is 0 Å². The Hall–Kier alpha value is -1.56. The third-order valence-corrected chi connectivity index (χ3v) is 3.81. The van der Waals surface area contributed by atoms with Gasteiger partial charge >= 0.3 is 0 Å². The molecule has 0 saturated heterocycles. The Labute approximate surface area is 132 Å². The summed E-state index contributed by atoms with van der Waals surface area (Å²) in [6.45, 7) is 4.39. The van der Waals surface area contributed by atoms with Crippen molar-refractivity contribution >= 4 is 39.9 Å². The Kier molecular flexibility index (Phi) is 5.00. The van der Waals surface area contributed by atoms with E-state index >= 15 is 0 Å². The number of benzene rings is 2. The Balaban J connectivity index is 1.88. The number of hydrogen-bond acceptors (Lipinski definition) is 2. The van der Waals surface area contributed by atoms with Gasteiger partial charge in [-0.25, -0.2) is 0 Å². The first-order valence-electron chi connectivity index (χ1n) is 6.41. The first-order valence-corrected chi connectivity index (χ1v) is 7.49. The van der Waals surface area contributed by atoms with E-state index in [-0.39, 0.29) is 12.5 Å². The summed E-state index contributed by atoms with van der Waals surface area (Å²) in [5.41, 5.74) is 4.25. The molecule has 0 atom stereocenters. The average Bonchev–Trinajstić information content (AvgIpc) is 2.43. The molecule has 0 aromatic heterocycles. The minimum atomic E-state index is -0.0514. The van der Waals surface area contributed by atoms with Gasteiger partial charge in [-0.2, -0.15) is 0 Å². The van der Waals surface area contributed by atoms with Crippen molar-refractivity contribution in [1.82, 2.24) is 0 Å². The van der Waals surface area contributed by atoms with E-state index in [1.165, 1.54) is 11.1 Å². The van der Waals surface area contributed by atoms with E-state index in [4.69, 9.17) is 0 Å². The largest absolute Gasteiger partial charge is 0.376 e. The molecule has 2 aromatic rings. The minimum absolute atomic E-state index is 0.0514. The molecule has 0 bridgehead atoms. The van der Waals surface area contributed by atoms with Gasteiger partial charge in [0.05, 0.1) is 6.54 Å². The SMILES string of the molecule is Cc1ccc(NCC(=O)Nc2ccc(I)cc2)cc1C. The van der Waals surface area contributed by atoms with E-state index in [0.717, 1.165) is 14.9 Å². The number of aryl methyl sites for hydroxylation is 2. The maximum absolute atomic E-state index is 11.8. The lowest BCUT2D eigenvalue weighted by Gasteiger charge is -2.09. The molecule has 1 amide bonds. The Bertz CT molecular complexity index is 608. The van der Waals surface area contributed by atoms with Gasteiger partial charge in [-0.15, -0.1) is 0 Å². The summed E-state index contributed by atoms with van der Waals surface area (Å²) in [5.74, 6) is -0.0514. The van der Waals surface area contributed by atoms with E-state index in [9.17, 15) is 4.79 Å². The summed E-state index contributed by atoms with van der Waals surface area (Å²) in [6.07, 6.45) is 0. The maximum Gasteiger partial charge on any atom is 0.243 e. The fourth-order valence-electron chi connectivity index (χ4n) is 1.77. The highest BCUT2D eigenvalue weighted by Crippen LogP contribution is 2.14. The summed E-state index contributed by atoms with van der Waals surface area (Å²) in [6, 6.07) is 13.8. The summed E-state index contributed by atoms with van der Waals surface area (Å²) in [7, 11) is 0. The molecule has 2 N–H and O–H groups in total. The Morgan fingerprint density at radius 3 is 2.30 bits per heavy atom. The standard InChI is InChI=1S/C16H17IN2O/c1-11-3-6-15(9-12(11)2)18-10-16(20)19-14-7-4-13(17)5-8-14/h3-9,18H,10H2,1-2H3,(H,19,20). The summed E-state index contributed by atoms with van der Waals surface area (Å²) >= 11 is 2.24. The van der Waals surface area contributed by atoms with Gasteiger partial charge in [-0.3, -0.25) is 4.79 Å². The normalized spacial score (nSPS) is 10.2. The topological polar surface area (TPSA) is 41.1 Å². The fraction of sp³-hybridized carbons (Fsp3) is 0.188. The van der Waals surface area contributed by atoms with Gasteiger partial charge in [0.2, 0.25) is 5.91 Å². The zero-order valence-electron chi connectivity index (χ0n) is 11.5. The maximum atomic E-state index is 11.8. The van der Waals surface area contributed by atoms with Gasteiger partial charge in [0.15, 0.2) is 0 Å². The van der Waals surface area contributed by atoms with Crippen LogP contribution in [0.2, 0.25) is 0 Å². The van der Waals surface area contributed by atoms with E-state index in [0.29, 0.717) is 0 Å². The molecule has 20 heavy (non-hydrogen) atoms. The zero-order valence-corrected chi connectivity index (χ0v) is 13.7. The molecule has 4 heteroatoms. The van der Waals surface area contributed by atoms with E-state index in [1.807, 2.05) is 36.4 Å². The number of carbonyl (C=O) groups is 1. The van der Waals surface area contributed by atoms with Crippen LogP contribution in [0, 0.1) is 17.4 Å². The van der Waals surface area contributed by atoms with Crippen molar-refractivity contribution < 1.29 is 4.79 Å². The number of halogens is 1. The molecule has 0 unspecified atom stereocenters. The number of anilines is 2. The smallest absolute Gasteiger partial charge is 0.243 e. The van der Waals surface area contributed by atoms with Crippen LogP contribution in [-0.2, 0) is 4.79 Å². The van der Waals surface area contributed by atoms with Crippen molar-refractivity contribution in [3.63, 3.8) is 0 Å². The molecule has 0 spiro atoms. The predicted molar refractivity (Wildman–Crippen MR) is 92.2 cm³/mol. The van der Waals surface area contributed by atoms with Gasteiger partial charge in [0.1, 0.15) is 0 Å². The first kappa shape index (κ1) is 14.8. The highest BCUT2D eigenvalue weighted by molar-refractivity contribution is 14.1. The minimum Gasteiger partial charge on any atom is -0.376 e. The second kappa shape index (κ2) is 6.74. The second-order valence-corrected chi connectivity index (χ2v) is 5.95. The number of hydrogen-bond donors (Lipinski definition) is 2. The van der Waals surface area contributed by atoms with Crippen LogP contribution in [0.4, 0.5) is 11.4 Å². The van der Waals surface area contributed by atoms with Crippen molar-refractivity contribution in [3.8, 4) is 0 Å². The fourth-order valence-corrected chi connectivity index (χ4v) is 2.13. The molecule has 2 aromatic carbocycles. The summed E-state index contributed by atoms with van der Waals surface area (Å²) in [5, 5.41) is 5.99. The van der Waals surface area contributed by atoms with Gasteiger partial charge in [-0.05, 0) is 84.0 Å². The van der Waals surface area contributed by atoms with Gasteiger partial charge < -0.3 is 10.6 Å². The molecule has 104 valence electrons. The van der Waals surface area contributed by atoms with Crippen LogP contribution in [0.5, 0.6) is 0 Å². The molecule has 0 aliphatic heterocycles. The van der Waals surface area contributed by atoms with Gasteiger partial charge in [0.25, 0.3) is 0 Å². The van der Waals surface area contributed by atoms with Crippen LogP contribution in [0.3, 0.4) is 0 Å². The summed E-state index contributed by atoms with van der Waals surface area (Å²) < 4.78 is 1.15. The summed E-state index contributed by atoms with van der Waals surface area (Å²) in [4.78, 5) is 11.8. The quantitative estimate of drug-likeness (QED) is 0.789. The monoisotopic (exact) mass is 380 g/mol. The second-order valence-electron chi connectivity index (χ2n) is 4.71. The lowest BCUT2D eigenvalue weighted by Crippen LogP contribution is -2.21. The van der Waals surface area contributed by atoms with Crippen LogP contribution < -0.4 is 10.6 Å². The third-order valence-electron chi connectivity index (χ3n) is 3.09. The van der Waals surface area contributed by atoms with Crippen molar-refractivity contribution in [2.45, 2.75) is 13.8 Å². The molecule has 0 saturated carbocycles. The number of rotatable bonds is 4. The van der Waals surface area contributed by atoms with Crippen LogP contribution in [-0.4, -0.2) is 12.5 Å². The number of amides is 1. The van der Waals surface area contributed by atoms with Crippen LogP contribution in [0.15, 0.2) is 42.5 Å². The molecule has 0 radical (unpaired) electrons. The number of carbonyl (C=O) groups excluding carboxylic acids is 1. The molecular weight excluding hydrogens is 363 g/mol. The van der Waals surface area contributed by atoms with Gasteiger partial charge in [-0.1, -0.05) is 6.07 Å². The highest BCUT2D eigenvalue weighted by Gasteiger charge is 2.03. The van der Waals surface area contributed by atoms with Crippen LogP contribution >= 0.6 is 22.6 Å². The van der Waals surface area contributed by atoms with E-state index < -0.39 is 0 Å². The Morgan fingerprint density at radius 2 is 1.65 bits per heavy atom. The molecular formula is C16H17IN2O. The van der Waals surface area contributed by atoms with Gasteiger partial charge in [0, 0.05) is 14.9 Å². The molecule has 3 nitrogen and oxygen atoms in total. The van der Waals surface area contributed by atoms with Crippen LogP contribution in [0.25, 0.3) is 0 Å². The lowest BCUT2D eigenvalue weighted by molar-refractivity contribution is -0.114. The lowest BCUT2D eigenvalue weighted by atomic mass is 10.1. The Morgan fingerprint density at radius 1 is 1.00 bits per heavy atom. The zero-order chi connectivity index (χ0) is 14.5. The highest BCUT2D eigenvalue weighted by atomic mass is 127. The molecule has 2 rings (SSSR count). The van der Waals surface area contributed by atoms with Crippen molar-refractivity contribution in [2.24, 2.45) is 0 Å². The third kappa shape index (κ3) is 4.23. The molecule has 0 heterocycles. The van der Waals surface area contributed by atoms with E-state index in [2.05, 4.69) is 53.1 Å². The first-order chi connectivity index (χ1) is 9.54. The molecule has 0 aliphatic carbocycles. The number of nitrogens with one attached hydrogen (secondary N) is 2. The average molecular weight is 380 g/mol. The van der Waals surface area contributed by atoms with E-state index in [1.54, 1.807) is 0 Å².